The fourth-order valence-corrected chi connectivity index (χ4v) is 3.07. The second-order valence-electron chi connectivity index (χ2n) is 5.44. The van der Waals surface area contributed by atoms with Gasteiger partial charge in [-0.3, -0.25) is 0 Å². The molecule has 0 spiro atoms. The molecule has 0 atom stereocenters. The van der Waals surface area contributed by atoms with Crippen LogP contribution in [0.3, 0.4) is 0 Å². The highest BCUT2D eigenvalue weighted by Gasteiger charge is 2.23. The van der Waals surface area contributed by atoms with Crippen molar-refractivity contribution in [3.63, 3.8) is 0 Å². The average molecular weight is 247 g/mol. The zero-order valence-electron chi connectivity index (χ0n) is 10.8. The maximum atomic E-state index is 5.95. The molecule has 18 heavy (non-hydrogen) atoms. The van der Waals surface area contributed by atoms with E-state index < -0.39 is 0 Å². The molecule has 1 aliphatic carbocycles. The Hall–Kier alpha value is -1.16. The van der Waals surface area contributed by atoms with Crippen molar-refractivity contribution >= 4 is 5.82 Å². The van der Waals surface area contributed by atoms with Crippen LogP contribution < -0.4 is 5.73 Å². The van der Waals surface area contributed by atoms with Crippen LogP contribution in [0.15, 0.2) is 6.07 Å². The molecule has 0 amide bonds. The average Bonchev–Trinajstić information content (AvgIpc) is 2.93. The summed E-state index contributed by atoms with van der Waals surface area (Å²) in [6, 6.07) is 1.97. The number of nitrogens with two attached hydrogens (primary N) is 1. The lowest BCUT2D eigenvalue weighted by Gasteiger charge is -2.22. The molecule has 0 unspecified atom stereocenters. The predicted octanol–water partition coefficient (Wildman–Crippen LogP) is 2.61. The molecule has 1 aliphatic heterocycles. The SMILES string of the molecule is Nc1cc(C2CCCC2)nc(C2CCOCC2)n1. The van der Waals surface area contributed by atoms with Crippen LogP contribution in [0.4, 0.5) is 5.82 Å². The first-order valence-corrected chi connectivity index (χ1v) is 7.05. The Morgan fingerprint density at radius 1 is 1.00 bits per heavy atom. The summed E-state index contributed by atoms with van der Waals surface area (Å²) in [5, 5.41) is 0. The van der Waals surface area contributed by atoms with Gasteiger partial charge in [-0.1, -0.05) is 12.8 Å². The normalized spacial score (nSPS) is 22.4. The quantitative estimate of drug-likeness (QED) is 0.872. The van der Waals surface area contributed by atoms with Crippen molar-refractivity contribution in [2.24, 2.45) is 0 Å². The molecule has 3 rings (SSSR count). The molecule has 2 N–H and O–H groups in total. The van der Waals surface area contributed by atoms with Crippen molar-refractivity contribution in [2.45, 2.75) is 50.4 Å². The maximum Gasteiger partial charge on any atom is 0.134 e. The Morgan fingerprint density at radius 2 is 1.72 bits per heavy atom. The molecule has 98 valence electrons. The van der Waals surface area contributed by atoms with Gasteiger partial charge in [-0.15, -0.1) is 0 Å². The maximum absolute atomic E-state index is 5.95. The highest BCUT2D eigenvalue weighted by atomic mass is 16.5. The van der Waals surface area contributed by atoms with E-state index in [0.29, 0.717) is 17.7 Å². The smallest absolute Gasteiger partial charge is 0.134 e. The molecule has 0 radical (unpaired) electrons. The zero-order valence-corrected chi connectivity index (χ0v) is 10.8. The Labute approximate surface area is 108 Å². The minimum absolute atomic E-state index is 0.433. The summed E-state index contributed by atoms with van der Waals surface area (Å²) in [4.78, 5) is 9.23. The molecule has 1 aromatic heterocycles. The van der Waals surface area contributed by atoms with E-state index in [9.17, 15) is 0 Å². The minimum atomic E-state index is 0.433. The van der Waals surface area contributed by atoms with Crippen LogP contribution in [0.25, 0.3) is 0 Å². The summed E-state index contributed by atoms with van der Waals surface area (Å²) in [6.45, 7) is 1.64. The summed E-state index contributed by atoms with van der Waals surface area (Å²) < 4.78 is 5.39. The van der Waals surface area contributed by atoms with Crippen molar-refractivity contribution in [1.29, 1.82) is 0 Å². The fourth-order valence-electron chi connectivity index (χ4n) is 3.07. The predicted molar refractivity (Wildman–Crippen MR) is 70.4 cm³/mol. The van der Waals surface area contributed by atoms with Gasteiger partial charge in [0.1, 0.15) is 11.6 Å². The van der Waals surface area contributed by atoms with E-state index in [1.807, 2.05) is 6.07 Å². The molecule has 0 aromatic carbocycles. The Bertz CT molecular complexity index is 410. The number of hydrogen-bond donors (Lipinski definition) is 1. The van der Waals surface area contributed by atoms with Gasteiger partial charge >= 0.3 is 0 Å². The molecule has 2 aliphatic rings. The molecule has 0 bridgehead atoms. The van der Waals surface area contributed by atoms with Gasteiger partial charge in [-0.25, -0.2) is 9.97 Å². The zero-order chi connectivity index (χ0) is 12.4. The Kier molecular flexibility index (Phi) is 3.46. The van der Waals surface area contributed by atoms with Gasteiger partial charge in [-0.2, -0.15) is 0 Å². The standard InChI is InChI=1S/C14H21N3O/c15-13-9-12(10-3-1-2-4-10)16-14(17-13)11-5-7-18-8-6-11/h9-11H,1-8H2,(H2,15,16,17). The van der Waals surface area contributed by atoms with Crippen LogP contribution >= 0.6 is 0 Å². The van der Waals surface area contributed by atoms with Gasteiger partial charge in [-0.05, 0) is 25.7 Å². The first-order chi connectivity index (χ1) is 8.83. The number of nitrogen functional groups attached to an aromatic ring is 1. The van der Waals surface area contributed by atoms with Crippen LogP contribution in [0.1, 0.15) is 61.9 Å². The van der Waals surface area contributed by atoms with Crippen LogP contribution in [-0.2, 0) is 4.74 Å². The summed E-state index contributed by atoms with van der Waals surface area (Å²) in [6.07, 6.45) is 7.19. The van der Waals surface area contributed by atoms with E-state index in [2.05, 4.69) is 4.98 Å². The van der Waals surface area contributed by atoms with Crippen molar-refractivity contribution in [3.8, 4) is 0 Å². The second-order valence-corrected chi connectivity index (χ2v) is 5.44. The molecule has 4 heteroatoms. The van der Waals surface area contributed by atoms with Crippen molar-refractivity contribution in [2.75, 3.05) is 18.9 Å². The molecule has 1 saturated heterocycles. The second kappa shape index (κ2) is 5.22. The molecule has 2 heterocycles. The van der Waals surface area contributed by atoms with Crippen molar-refractivity contribution < 1.29 is 4.74 Å². The first kappa shape index (κ1) is 11.9. The summed E-state index contributed by atoms with van der Waals surface area (Å²) in [7, 11) is 0. The van der Waals surface area contributed by atoms with E-state index in [-0.39, 0.29) is 0 Å². The largest absolute Gasteiger partial charge is 0.384 e. The summed E-state index contributed by atoms with van der Waals surface area (Å²) in [5.74, 6) is 2.62. The highest BCUT2D eigenvalue weighted by Crippen LogP contribution is 2.34. The van der Waals surface area contributed by atoms with E-state index in [1.165, 1.54) is 31.4 Å². The summed E-state index contributed by atoms with van der Waals surface area (Å²) >= 11 is 0. The lowest BCUT2D eigenvalue weighted by molar-refractivity contribution is 0.0835. The molecule has 4 nitrogen and oxygen atoms in total. The van der Waals surface area contributed by atoms with Gasteiger partial charge < -0.3 is 10.5 Å². The van der Waals surface area contributed by atoms with Gasteiger partial charge in [0, 0.05) is 36.8 Å². The number of rotatable bonds is 2. The van der Waals surface area contributed by atoms with Crippen LogP contribution in [0, 0.1) is 0 Å². The highest BCUT2D eigenvalue weighted by molar-refractivity contribution is 5.32. The van der Waals surface area contributed by atoms with E-state index >= 15 is 0 Å². The fraction of sp³-hybridized carbons (Fsp3) is 0.714. The van der Waals surface area contributed by atoms with Gasteiger partial charge in [0.15, 0.2) is 0 Å². The van der Waals surface area contributed by atoms with Crippen molar-refractivity contribution in [3.05, 3.63) is 17.6 Å². The molecule has 2 fully saturated rings. The third-order valence-corrected chi connectivity index (χ3v) is 4.14. The third-order valence-electron chi connectivity index (χ3n) is 4.14. The van der Waals surface area contributed by atoms with E-state index in [4.69, 9.17) is 15.5 Å². The Morgan fingerprint density at radius 3 is 2.44 bits per heavy atom. The number of aromatic nitrogens is 2. The van der Waals surface area contributed by atoms with Crippen LogP contribution in [0.2, 0.25) is 0 Å². The van der Waals surface area contributed by atoms with E-state index in [1.54, 1.807) is 0 Å². The third kappa shape index (κ3) is 2.48. The lowest BCUT2D eigenvalue weighted by Crippen LogP contribution is -2.18. The topological polar surface area (TPSA) is 61.0 Å². The monoisotopic (exact) mass is 247 g/mol. The van der Waals surface area contributed by atoms with Crippen molar-refractivity contribution in [1.82, 2.24) is 9.97 Å². The Balaban J connectivity index is 1.84. The minimum Gasteiger partial charge on any atom is -0.384 e. The van der Waals surface area contributed by atoms with Gasteiger partial charge in [0.05, 0.1) is 0 Å². The lowest BCUT2D eigenvalue weighted by atomic mass is 9.98. The molecular weight excluding hydrogens is 226 g/mol. The number of hydrogen-bond acceptors (Lipinski definition) is 4. The number of ether oxygens (including phenoxy) is 1. The molecule has 1 saturated carbocycles. The van der Waals surface area contributed by atoms with Crippen LogP contribution in [0.5, 0.6) is 0 Å². The molecule has 1 aromatic rings. The van der Waals surface area contributed by atoms with Gasteiger partial charge in [0.2, 0.25) is 0 Å². The van der Waals surface area contributed by atoms with Crippen LogP contribution in [-0.4, -0.2) is 23.2 Å². The summed E-state index contributed by atoms with van der Waals surface area (Å²) in [5.41, 5.74) is 7.12. The van der Waals surface area contributed by atoms with E-state index in [0.717, 1.165) is 31.9 Å². The first-order valence-electron chi connectivity index (χ1n) is 7.05. The number of nitrogens with zero attached hydrogens (tertiary/aromatic N) is 2. The van der Waals surface area contributed by atoms with Gasteiger partial charge in [0.25, 0.3) is 0 Å². The molecular formula is C14H21N3O. The number of anilines is 1.